The quantitative estimate of drug-likeness (QED) is 0.838. The lowest BCUT2D eigenvalue weighted by Gasteiger charge is -2.31. The SMILES string of the molecule is CCCCn1ncc(NC(=O)N[C@H](C)C2CCC2)c1C. The monoisotopic (exact) mass is 278 g/mol. The maximum atomic E-state index is 12.0. The molecule has 0 saturated heterocycles. The average Bonchev–Trinajstić information content (AvgIpc) is 2.66. The van der Waals surface area contributed by atoms with E-state index in [1.54, 1.807) is 6.20 Å². The number of aryl methyl sites for hydroxylation is 1. The molecule has 0 aliphatic heterocycles. The number of hydrogen-bond acceptors (Lipinski definition) is 2. The van der Waals surface area contributed by atoms with Gasteiger partial charge in [-0.1, -0.05) is 19.8 Å². The molecule has 1 aliphatic rings. The highest BCUT2D eigenvalue weighted by atomic mass is 16.2. The summed E-state index contributed by atoms with van der Waals surface area (Å²) < 4.78 is 1.95. The molecule has 0 spiro atoms. The predicted molar refractivity (Wildman–Crippen MR) is 80.8 cm³/mol. The molecule has 0 radical (unpaired) electrons. The summed E-state index contributed by atoms with van der Waals surface area (Å²) in [6.45, 7) is 7.14. The number of amides is 2. The van der Waals surface area contributed by atoms with Crippen molar-refractivity contribution in [1.82, 2.24) is 15.1 Å². The molecule has 0 aromatic carbocycles. The standard InChI is InChI=1S/C15H26N4O/c1-4-5-9-19-12(3)14(10-16-19)18-15(20)17-11(2)13-7-6-8-13/h10-11,13H,4-9H2,1-3H3,(H2,17,18,20)/t11-/m1/s1. The van der Waals surface area contributed by atoms with Crippen LogP contribution in [0.15, 0.2) is 6.20 Å². The van der Waals surface area contributed by atoms with Gasteiger partial charge in [0.1, 0.15) is 0 Å². The van der Waals surface area contributed by atoms with Crippen molar-refractivity contribution in [1.29, 1.82) is 0 Å². The topological polar surface area (TPSA) is 59.0 Å². The highest BCUT2D eigenvalue weighted by Crippen LogP contribution is 2.29. The minimum atomic E-state index is -0.123. The summed E-state index contributed by atoms with van der Waals surface area (Å²) in [4.78, 5) is 12.0. The van der Waals surface area contributed by atoms with Crippen LogP contribution in [0.3, 0.4) is 0 Å². The Morgan fingerprint density at radius 1 is 1.55 bits per heavy atom. The van der Waals surface area contributed by atoms with Gasteiger partial charge >= 0.3 is 6.03 Å². The van der Waals surface area contributed by atoms with Crippen LogP contribution >= 0.6 is 0 Å². The van der Waals surface area contributed by atoms with E-state index < -0.39 is 0 Å². The summed E-state index contributed by atoms with van der Waals surface area (Å²) in [6.07, 6.45) is 7.74. The molecule has 5 nitrogen and oxygen atoms in total. The molecule has 1 atom stereocenters. The zero-order valence-corrected chi connectivity index (χ0v) is 12.8. The van der Waals surface area contributed by atoms with Crippen LogP contribution in [0, 0.1) is 12.8 Å². The van der Waals surface area contributed by atoms with Gasteiger partial charge in [0, 0.05) is 12.6 Å². The van der Waals surface area contributed by atoms with Gasteiger partial charge in [-0.2, -0.15) is 5.10 Å². The molecule has 2 rings (SSSR count). The van der Waals surface area contributed by atoms with Gasteiger partial charge in [-0.15, -0.1) is 0 Å². The molecule has 2 amide bonds. The van der Waals surface area contributed by atoms with Crippen LogP contribution in [0.5, 0.6) is 0 Å². The van der Waals surface area contributed by atoms with E-state index in [-0.39, 0.29) is 12.1 Å². The molecular formula is C15H26N4O. The summed E-state index contributed by atoms with van der Waals surface area (Å²) in [6, 6.07) is 0.127. The highest BCUT2D eigenvalue weighted by Gasteiger charge is 2.25. The van der Waals surface area contributed by atoms with Crippen molar-refractivity contribution in [3.8, 4) is 0 Å². The van der Waals surface area contributed by atoms with Gasteiger partial charge in [0.15, 0.2) is 0 Å². The molecule has 0 bridgehead atoms. The van der Waals surface area contributed by atoms with E-state index >= 15 is 0 Å². The van der Waals surface area contributed by atoms with Gasteiger partial charge in [-0.3, -0.25) is 4.68 Å². The molecule has 1 saturated carbocycles. The number of rotatable bonds is 6. The Labute approximate surface area is 121 Å². The van der Waals surface area contributed by atoms with Crippen molar-refractivity contribution in [3.63, 3.8) is 0 Å². The number of hydrogen-bond donors (Lipinski definition) is 2. The zero-order valence-electron chi connectivity index (χ0n) is 12.8. The Kier molecular flexibility index (Phi) is 5.04. The van der Waals surface area contributed by atoms with E-state index in [4.69, 9.17) is 0 Å². The lowest BCUT2D eigenvalue weighted by molar-refractivity contribution is 0.222. The highest BCUT2D eigenvalue weighted by molar-refractivity contribution is 5.89. The lowest BCUT2D eigenvalue weighted by atomic mass is 9.80. The van der Waals surface area contributed by atoms with Crippen LogP contribution in [0.4, 0.5) is 10.5 Å². The van der Waals surface area contributed by atoms with E-state index in [0.717, 1.165) is 30.8 Å². The minimum Gasteiger partial charge on any atom is -0.335 e. The van der Waals surface area contributed by atoms with Crippen LogP contribution < -0.4 is 10.6 Å². The summed E-state index contributed by atoms with van der Waals surface area (Å²) in [5.41, 5.74) is 1.82. The van der Waals surface area contributed by atoms with Gasteiger partial charge in [0.2, 0.25) is 0 Å². The van der Waals surface area contributed by atoms with Gasteiger partial charge < -0.3 is 10.6 Å². The number of urea groups is 1. The fourth-order valence-electron chi connectivity index (χ4n) is 2.53. The first-order valence-electron chi connectivity index (χ1n) is 7.71. The molecule has 1 aliphatic carbocycles. The number of aromatic nitrogens is 2. The Balaban J connectivity index is 1.85. The molecule has 20 heavy (non-hydrogen) atoms. The van der Waals surface area contributed by atoms with Gasteiger partial charge in [-0.05, 0) is 39.0 Å². The smallest absolute Gasteiger partial charge is 0.319 e. The second kappa shape index (κ2) is 6.77. The zero-order chi connectivity index (χ0) is 14.5. The lowest BCUT2D eigenvalue weighted by Crippen LogP contribution is -2.42. The van der Waals surface area contributed by atoms with E-state index in [1.807, 2.05) is 11.6 Å². The van der Waals surface area contributed by atoms with Crippen LogP contribution in [0.25, 0.3) is 0 Å². The number of nitrogens with zero attached hydrogens (tertiary/aromatic N) is 2. The Bertz CT molecular complexity index is 451. The van der Waals surface area contributed by atoms with Crippen molar-refractivity contribution < 1.29 is 4.79 Å². The number of nitrogens with one attached hydrogen (secondary N) is 2. The first-order chi connectivity index (χ1) is 9.61. The Morgan fingerprint density at radius 3 is 2.90 bits per heavy atom. The van der Waals surface area contributed by atoms with Crippen LogP contribution in [0.2, 0.25) is 0 Å². The number of carbonyl (C=O) groups excluding carboxylic acids is 1. The van der Waals surface area contributed by atoms with Crippen molar-refractivity contribution in [3.05, 3.63) is 11.9 Å². The van der Waals surface area contributed by atoms with Crippen molar-refractivity contribution >= 4 is 11.7 Å². The Hall–Kier alpha value is -1.52. The fraction of sp³-hybridized carbons (Fsp3) is 0.733. The predicted octanol–water partition coefficient (Wildman–Crippen LogP) is 3.30. The molecule has 112 valence electrons. The first kappa shape index (κ1) is 14.9. The van der Waals surface area contributed by atoms with E-state index in [2.05, 4.69) is 29.6 Å². The van der Waals surface area contributed by atoms with E-state index in [0.29, 0.717) is 5.92 Å². The maximum absolute atomic E-state index is 12.0. The maximum Gasteiger partial charge on any atom is 0.319 e. The van der Waals surface area contributed by atoms with E-state index in [9.17, 15) is 4.79 Å². The molecule has 2 N–H and O–H groups in total. The number of unbranched alkanes of at least 4 members (excludes halogenated alkanes) is 1. The van der Waals surface area contributed by atoms with Gasteiger partial charge in [0.25, 0.3) is 0 Å². The molecule has 1 aromatic rings. The van der Waals surface area contributed by atoms with Crippen LogP contribution in [-0.2, 0) is 6.54 Å². The molecule has 1 heterocycles. The van der Waals surface area contributed by atoms with Crippen molar-refractivity contribution in [2.24, 2.45) is 5.92 Å². The van der Waals surface area contributed by atoms with E-state index in [1.165, 1.54) is 19.3 Å². The second-order valence-electron chi connectivity index (χ2n) is 5.80. The fourth-order valence-corrected chi connectivity index (χ4v) is 2.53. The third-order valence-corrected chi connectivity index (χ3v) is 4.29. The number of anilines is 1. The second-order valence-corrected chi connectivity index (χ2v) is 5.80. The van der Waals surface area contributed by atoms with Crippen molar-refractivity contribution in [2.75, 3.05) is 5.32 Å². The minimum absolute atomic E-state index is 0.123. The molecule has 1 fully saturated rings. The normalized spacial score (nSPS) is 16.6. The third kappa shape index (κ3) is 3.52. The van der Waals surface area contributed by atoms with Crippen molar-refractivity contribution in [2.45, 2.75) is 65.5 Å². The molecular weight excluding hydrogens is 252 g/mol. The third-order valence-electron chi connectivity index (χ3n) is 4.29. The summed E-state index contributed by atoms with van der Waals surface area (Å²) in [7, 11) is 0. The molecule has 5 heteroatoms. The first-order valence-corrected chi connectivity index (χ1v) is 7.71. The molecule has 0 unspecified atom stereocenters. The summed E-state index contributed by atoms with van der Waals surface area (Å²) >= 11 is 0. The molecule has 1 aromatic heterocycles. The summed E-state index contributed by atoms with van der Waals surface area (Å²) in [5.74, 6) is 0.647. The van der Waals surface area contributed by atoms with Crippen LogP contribution in [-0.4, -0.2) is 21.9 Å². The van der Waals surface area contributed by atoms with Gasteiger partial charge in [0.05, 0.1) is 17.6 Å². The van der Waals surface area contributed by atoms with Crippen LogP contribution in [0.1, 0.15) is 51.6 Å². The average molecular weight is 278 g/mol. The summed E-state index contributed by atoms with van der Waals surface area (Å²) in [5, 5.41) is 10.3. The number of carbonyl (C=O) groups is 1. The largest absolute Gasteiger partial charge is 0.335 e. The van der Waals surface area contributed by atoms with Gasteiger partial charge in [-0.25, -0.2) is 4.79 Å². The Morgan fingerprint density at radius 2 is 2.30 bits per heavy atom.